The maximum atomic E-state index is 13.1. The highest BCUT2D eigenvalue weighted by atomic mass is 16.5. The van der Waals surface area contributed by atoms with Crippen LogP contribution in [0, 0.1) is 0 Å². The van der Waals surface area contributed by atoms with Gasteiger partial charge in [-0.25, -0.2) is 0 Å². The fourth-order valence-electron chi connectivity index (χ4n) is 3.83. The highest BCUT2D eigenvalue weighted by Crippen LogP contribution is 2.30. The predicted octanol–water partition coefficient (Wildman–Crippen LogP) is 4.34. The van der Waals surface area contributed by atoms with Gasteiger partial charge in [-0.1, -0.05) is 78.9 Å². The van der Waals surface area contributed by atoms with Crippen LogP contribution in [0.4, 0.5) is 5.69 Å². The molecular formula is C25H23NO3. The molecule has 0 saturated carbocycles. The van der Waals surface area contributed by atoms with Crippen molar-refractivity contribution in [1.29, 1.82) is 0 Å². The van der Waals surface area contributed by atoms with E-state index in [1.807, 2.05) is 84.9 Å². The van der Waals surface area contributed by atoms with Crippen LogP contribution in [0.1, 0.15) is 29.5 Å². The van der Waals surface area contributed by atoms with Gasteiger partial charge in [0.15, 0.2) is 6.10 Å². The van der Waals surface area contributed by atoms with Crippen LogP contribution in [-0.2, 0) is 20.7 Å². The number of rotatable bonds is 5. The summed E-state index contributed by atoms with van der Waals surface area (Å²) in [7, 11) is 0. The number of hydrogen-bond acceptors (Lipinski definition) is 3. The molecule has 0 radical (unpaired) electrons. The van der Waals surface area contributed by atoms with E-state index in [9.17, 15) is 9.59 Å². The second kappa shape index (κ2) is 8.31. The molecule has 3 aromatic rings. The van der Waals surface area contributed by atoms with E-state index in [0.29, 0.717) is 6.54 Å². The fraction of sp³-hybridized carbons (Fsp3) is 0.200. The van der Waals surface area contributed by atoms with Crippen LogP contribution in [-0.4, -0.2) is 24.5 Å². The first-order valence-corrected chi connectivity index (χ1v) is 9.85. The minimum absolute atomic E-state index is 0.192. The molecular weight excluding hydrogens is 362 g/mol. The van der Waals surface area contributed by atoms with Crippen LogP contribution in [0.25, 0.3) is 0 Å². The average molecular weight is 385 g/mol. The average Bonchev–Trinajstić information content (AvgIpc) is 3.19. The normalized spacial score (nSPS) is 13.8. The van der Waals surface area contributed by atoms with Gasteiger partial charge in [0.25, 0.3) is 5.91 Å². The summed E-state index contributed by atoms with van der Waals surface area (Å²) < 4.78 is 5.68. The number of esters is 1. The molecule has 4 heteroatoms. The summed E-state index contributed by atoms with van der Waals surface area (Å²) in [6.45, 7) is 2.26. The summed E-state index contributed by atoms with van der Waals surface area (Å²) >= 11 is 0. The van der Waals surface area contributed by atoms with Crippen molar-refractivity contribution in [2.75, 3.05) is 11.4 Å². The lowest BCUT2D eigenvalue weighted by molar-refractivity contribution is -0.154. The molecule has 3 aromatic carbocycles. The van der Waals surface area contributed by atoms with Gasteiger partial charge in [0.05, 0.1) is 0 Å². The molecule has 0 N–H and O–H groups in total. The standard InChI is InChI=1S/C25H23NO3/c1-18(24(27)26-17-16-19-10-8-9-15-22(19)26)29-25(28)23(20-11-4-2-5-12-20)21-13-6-3-7-14-21/h2-15,18,23H,16-17H2,1H3/t18-/m0/s1. The van der Waals surface area contributed by atoms with Crippen molar-refractivity contribution in [1.82, 2.24) is 0 Å². The van der Waals surface area contributed by atoms with E-state index < -0.39 is 18.0 Å². The molecule has 0 aliphatic carbocycles. The minimum Gasteiger partial charge on any atom is -0.452 e. The molecule has 4 rings (SSSR count). The molecule has 1 heterocycles. The minimum atomic E-state index is -0.858. The van der Waals surface area contributed by atoms with E-state index in [4.69, 9.17) is 4.74 Å². The number of hydrogen-bond donors (Lipinski definition) is 0. The molecule has 0 bridgehead atoms. The van der Waals surface area contributed by atoms with Crippen molar-refractivity contribution in [2.24, 2.45) is 0 Å². The van der Waals surface area contributed by atoms with Gasteiger partial charge in [0, 0.05) is 12.2 Å². The van der Waals surface area contributed by atoms with Crippen molar-refractivity contribution in [3.05, 3.63) is 102 Å². The van der Waals surface area contributed by atoms with Gasteiger partial charge < -0.3 is 9.64 Å². The Labute approximate surface area is 170 Å². The first kappa shape index (κ1) is 18.9. The number of benzene rings is 3. The Kier molecular flexibility index (Phi) is 5.43. The summed E-state index contributed by atoms with van der Waals surface area (Å²) in [6, 6.07) is 26.9. The zero-order valence-corrected chi connectivity index (χ0v) is 16.3. The van der Waals surface area contributed by atoms with Crippen LogP contribution in [0.15, 0.2) is 84.9 Å². The van der Waals surface area contributed by atoms with Crippen molar-refractivity contribution < 1.29 is 14.3 Å². The van der Waals surface area contributed by atoms with Crippen molar-refractivity contribution in [3.8, 4) is 0 Å². The molecule has 0 unspecified atom stereocenters. The number of ether oxygens (including phenoxy) is 1. The zero-order chi connectivity index (χ0) is 20.2. The lowest BCUT2D eigenvalue weighted by Crippen LogP contribution is -2.39. The summed E-state index contributed by atoms with van der Waals surface area (Å²) in [5, 5.41) is 0. The highest BCUT2D eigenvalue weighted by Gasteiger charge is 2.32. The summed E-state index contributed by atoms with van der Waals surface area (Å²) in [5.74, 6) is -1.18. The SMILES string of the molecule is C[C@H](OC(=O)C(c1ccccc1)c1ccccc1)C(=O)N1CCc2ccccc21. The fourth-order valence-corrected chi connectivity index (χ4v) is 3.83. The number of fused-ring (bicyclic) bond motifs is 1. The molecule has 0 aromatic heterocycles. The number of para-hydroxylation sites is 1. The maximum Gasteiger partial charge on any atom is 0.318 e. The van der Waals surface area contributed by atoms with Crippen molar-refractivity contribution in [2.45, 2.75) is 25.4 Å². The van der Waals surface area contributed by atoms with Crippen LogP contribution >= 0.6 is 0 Å². The second-order valence-corrected chi connectivity index (χ2v) is 7.20. The van der Waals surface area contributed by atoms with Gasteiger partial charge in [-0.3, -0.25) is 9.59 Å². The van der Waals surface area contributed by atoms with E-state index >= 15 is 0 Å². The summed E-state index contributed by atoms with van der Waals surface area (Å²) in [4.78, 5) is 27.8. The Morgan fingerprint density at radius 3 is 2.00 bits per heavy atom. The van der Waals surface area contributed by atoms with Crippen LogP contribution < -0.4 is 4.90 Å². The second-order valence-electron chi connectivity index (χ2n) is 7.20. The molecule has 29 heavy (non-hydrogen) atoms. The number of nitrogens with zero attached hydrogens (tertiary/aromatic N) is 1. The molecule has 1 aliphatic heterocycles. The molecule has 4 nitrogen and oxygen atoms in total. The molecule has 146 valence electrons. The quantitative estimate of drug-likeness (QED) is 0.614. The maximum absolute atomic E-state index is 13.1. The number of amides is 1. The van der Waals surface area contributed by atoms with E-state index in [1.165, 1.54) is 0 Å². The molecule has 0 saturated heterocycles. The zero-order valence-electron chi connectivity index (χ0n) is 16.3. The molecule has 1 atom stereocenters. The van der Waals surface area contributed by atoms with E-state index in [1.54, 1.807) is 11.8 Å². The lowest BCUT2D eigenvalue weighted by Gasteiger charge is -2.24. The third kappa shape index (κ3) is 3.92. The summed E-state index contributed by atoms with van der Waals surface area (Å²) in [6.07, 6.45) is -0.0391. The predicted molar refractivity (Wildman–Crippen MR) is 113 cm³/mol. The van der Waals surface area contributed by atoms with Crippen LogP contribution in [0.2, 0.25) is 0 Å². The van der Waals surface area contributed by atoms with E-state index in [2.05, 4.69) is 0 Å². The number of carbonyl (C=O) groups is 2. The van der Waals surface area contributed by atoms with Gasteiger partial charge in [0.2, 0.25) is 0 Å². The van der Waals surface area contributed by atoms with Gasteiger partial charge in [-0.2, -0.15) is 0 Å². The molecule has 1 aliphatic rings. The largest absolute Gasteiger partial charge is 0.452 e. The number of anilines is 1. The smallest absolute Gasteiger partial charge is 0.318 e. The van der Waals surface area contributed by atoms with Gasteiger partial charge in [-0.05, 0) is 36.1 Å². The van der Waals surface area contributed by atoms with Crippen LogP contribution in [0.3, 0.4) is 0 Å². The first-order chi connectivity index (χ1) is 14.1. The Bertz CT molecular complexity index is 961. The van der Waals surface area contributed by atoms with Gasteiger partial charge in [-0.15, -0.1) is 0 Å². The Morgan fingerprint density at radius 1 is 0.828 bits per heavy atom. The van der Waals surface area contributed by atoms with Gasteiger partial charge >= 0.3 is 5.97 Å². The monoisotopic (exact) mass is 385 g/mol. The molecule has 0 fully saturated rings. The number of carbonyl (C=O) groups excluding carboxylic acids is 2. The van der Waals surface area contributed by atoms with E-state index in [-0.39, 0.29) is 5.91 Å². The van der Waals surface area contributed by atoms with Crippen molar-refractivity contribution in [3.63, 3.8) is 0 Å². The van der Waals surface area contributed by atoms with Crippen LogP contribution in [0.5, 0.6) is 0 Å². The lowest BCUT2D eigenvalue weighted by atomic mass is 9.91. The third-order valence-electron chi connectivity index (χ3n) is 5.30. The topological polar surface area (TPSA) is 46.6 Å². The Balaban J connectivity index is 1.54. The Hall–Kier alpha value is -3.40. The molecule has 1 amide bonds. The van der Waals surface area contributed by atoms with Crippen molar-refractivity contribution >= 4 is 17.6 Å². The highest BCUT2D eigenvalue weighted by molar-refractivity contribution is 5.99. The molecule has 0 spiro atoms. The summed E-state index contributed by atoms with van der Waals surface area (Å²) in [5.41, 5.74) is 3.73. The van der Waals surface area contributed by atoms with E-state index in [0.717, 1.165) is 28.8 Å². The first-order valence-electron chi connectivity index (χ1n) is 9.85. The Morgan fingerprint density at radius 2 is 1.38 bits per heavy atom. The van der Waals surface area contributed by atoms with Gasteiger partial charge in [0.1, 0.15) is 5.92 Å². The third-order valence-corrected chi connectivity index (χ3v) is 5.30.